The van der Waals surface area contributed by atoms with Crippen molar-refractivity contribution in [3.05, 3.63) is 46.3 Å². The van der Waals surface area contributed by atoms with Crippen molar-refractivity contribution in [1.82, 2.24) is 20.5 Å². The molecule has 102 valence electrons. The van der Waals surface area contributed by atoms with Gasteiger partial charge in [0.2, 0.25) is 5.95 Å². The second kappa shape index (κ2) is 4.97. The van der Waals surface area contributed by atoms with E-state index in [1.807, 2.05) is 32.0 Å². The zero-order valence-electron chi connectivity index (χ0n) is 11.4. The van der Waals surface area contributed by atoms with Crippen LogP contribution in [0.3, 0.4) is 0 Å². The lowest BCUT2D eigenvalue weighted by atomic mass is 10.1. The van der Waals surface area contributed by atoms with E-state index in [1.165, 1.54) is 5.56 Å². The van der Waals surface area contributed by atoms with Crippen molar-refractivity contribution in [2.45, 2.75) is 26.9 Å². The van der Waals surface area contributed by atoms with Crippen molar-refractivity contribution >= 4 is 11.9 Å². The minimum atomic E-state index is -0.218. The number of rotatable bonds is 2. The number of aromatic nitrogens is 3. The molecule has 0 radical (unpaired) electrons. The molecular weight excluding hydrogens is 254 g/mol. The molecule has 1 aliphatic rings. The molecule has 6 heteroatoms. The van der Waals surface area contributed by atoms with E-state index in [4.69, 9.17) is 0 Å². The van der Waals surface area contributed by atoms with E-state index in [0.29, 0.717) is 5.56 Å². The molecule has 0 fully saturated rings. The molecule has 0 saturated carbocycles. The van der Waals surface area contributed by atoms with Crippen LogP contribution in [0.1, 0.15) is 32.9 Å². The highest BCUT2D eigenvalue weighted by molar-refractivity contribution is 6.03. The van der Waals surface area contributed by atoms with E-state index in [1.54, 1.807) is 0 Å². The van der Waals surface area contributed by atoms with Gasteiger partial charge in [-0.25, -0.2) is 4.98 Å². The lowest BCUT2D eigenvalue weighted by Crippen LogP contribution is -2.16. The summed E-state index contributed by atoms with van der Waals surface area (Å²) in [5, 5.41) is 13.7. The fourth-order valence-corrected chi connectivity index (χ4v) is 2.12. The third-order valence-corrected chi connectivity index (χ3v) is 3.42. The van der Waals surface area contributed by atoms with Crippen LogP contribution in [-0.4, -0.2) is 21.1 Å². The smallest absolute Gasteiger partial charge is 0.258 e. The second-order valence-corrected chi connectivity index (χ2v) is 4.85. The van der Waals surface area contributed by atoms with Gasteiger partial charge in [0.05, 0.1) is 11.4 Å². The van der Waals surface area contributed by atoms with Crippen LogP contribution in [0.15, 0.2) is 18.2 Å². The molecule has 0 saturated heterocycles. The van der Waals surface area contributed by atoms with E-state index in [9.17, 15) is 4.79 Å². The Kier molecular flexibility index (Phi) is 3.15. The molecule has 2 N–H and O–H groups in total. The summed E-state index contributed by atoms with van der Waals surface area (Å²) in [7, 11) is 0. The van der Waals surface area contributed by atoms with Gasteiger partial charge in [-0.3, -0.25) is 10.1 Å². The Morgan fingerprint density at radius 3 is 2.75 bits per heavy atom. The predicted octanol–water partition coefficient (Wildman–Crippen LogP) is 1.34. The summed E-state index contributed by atoms with van der Waals surface area (Å²) < 4.78 is 0. The number of fused-ring (bicyclic) bond motifs is 1. The van der Waals surface area contributed by atoms with E-state index >= 15 is 0 Å². The largest absolute Gasteiger partial charge is 0.309 e. The lowest BCUT2D eigenvalue weighted by molar-refractivity contribution is 0.102. The van der Waals surface area contributed by atoms with Gasteiger partial charge in [-0.15, -0.1) is 5.10 Å². The van der Waals surface area contributed by atoms with Crippen LogP contribution in [0.25, 0.3) is 0 Å². The minimum Gasteiger partial charge on any atom is -0.309 e. The number of hydrogen-bond acceptors (Lipinski definition) is 5. The molecule has 0 atom stereocenters. The van der Waals surface area contributed by atoms with Crippen molar-refractivity contribution in [3.63, 3.8) is 0 Å². The number of benzene rings is 1. The van der Waals surface area contributed by atoms with Gasteiger partial charge in [0, 0.05) is 18.7 Å². The summed E-state index contributed by atoms with van der Waals surface area (Å²) in [5.41, 5.74) is 4.52. The van der Waals surface area contributed by atoms with E-state index < -0.39 is 0 Å². The van der Waals surface area contributed by atoms with Crippen LogP contribution >= 0.6 is 0 Å². The summed E-state index contributed by atoms with van der Waals surface area (Å²) >= 11 is 0. The Morgan fingerprint density at radius 2 is 1.95 bits per heavy atom. The molecule has 0 unspecified atom stereocenters. The van der Waals surface area contributed by atoms with Gasteiger partial charge in [-0.1, -0.05) is 6.07 Å². The van der Waals surface area contributed by atoms with Crippen LogP contribution in [0.2, 0.25) is 0 Å². The average Bonchev–Trinajstić information content (AvgIpc) is 2.90. The number of amides is 1. The minimum absolute atomic E-state index is 0.218. The molecule has 20 heavy (non-hydrogen) atoms. The van der Waals surface area contributed by atoms with Gasteiger partial charge in [-0.05, 0) is 37.1 Å². The highest BCUT2D eigenvalue weighted by Gasteiger charge is 2.14. The van der Waals surface area contributed by atoms with Crippen molar-refractivity contribution in [3.8, 4) is 0 Å². The van der Waals surface area contributed by atoms with Crippen molar-refractivity contribution in [1.29, 1.82) is 0 Å². The monoisotopic (exact) mass is 269 g/mol. The molecule has 2 heterocycles. The van der Waals surface area contributed by atoms with E-state index in [-0.39, 0.29) is 11.9 Å². The van der Waals surface area contributed by atoms with Crippen LogP contribution in [0.4, 0.5) is 5.95 Å². The standard InChI is InChI=1S/C14H15N5O/c1-8-9(2)18-19-14(16-8)17-13(20)10-3-4-11-6-15-7-12(11)5-10/h3-5,15H,6-7H2,1-2H3,(H,16,17,19,20). The van der Waals surface area contributed by atoms with E-state index in [2.05, 4.69) is 25.8 Å². The average molecular weight is 269 g/mol. The molecule has 1 aromatic heterocycles. The Balaban J connectivity index is 1.80. The van der Waals surface area contributed by atoms with Crippen molar-refractivity contribution in [2.75, 3.05) is 5.32 Å². The van der Waals surface area contributed by atoms with Gasteiger partial charge >= 0.3 is 0 Å². The molecule has 0 spiro atoms. The number of anilines is 1. The molecule has 6 nitrogen and oxygen atoms in total. The highest BCUT2D eigenvalue weighted by Crippen LogP contribution is 2.17. The van der Waals surface area contributed by atoms with Crippen LogP contribution < -0.4 is 10.6 Å². The molecule has 0 bridgehead atoms. The maximum atomic E-state index is 12.2. The fourth-order valence-electron chi connectivity index (χ4n) is 2.12. The fraction of sp³-hybridized carbons (Fsp3) is 0.286. The molecule has 3 rings (SSSR count). The first-order valence-electron chi connectivity index (χ1n) is 6.45. The van der Waals surface area contributed by atoms with Crippen LogP contribution in [0.5, 0.6) is 0 Å². The SMILES string of the molecule is Cc1nnc(NC(=O)c2ccc3c(c2)CNC3)nc1C. The second-order valence-electron chi connectivity index (χ2n) is 4.85. The van der Waals surface area contributed by atoms with Crippen LogP contribution in [0, 0.1) is 13.8 Å². The topological polar surface area (TPSA) is 79.8 Å². The van der Waals surface area contributed by atoms with Crippen molar-refractivity contribution < 1.29 is 4.79 Å². The molecule has 0 aliphatic carbocycles. The first-order chi connectivity index (χ1) is 9.63. The normalized spacial score (nSPS) is 13.1. The number of aryl methyl sites for hydroxylation is 2. The van der Waals surface area contributed by atoms with Gasteiger partial charge in [0.1, 0.15) is 0 Å². The third-order valence-electron chi connectivity index (χ3n) is 3.42. The summed E-state index contributed by atoms with van der Waals surface area (Å²) in [6.45, 7) is 5.33. The van der Waals surface area contributed by atoms with Crippen LogP contribution in [-0.2, 0) is 13.1 Å². The molecular formula is C14H15N5O. The summed E-state index contributed by atoms with van der Waals surface area (Å²) in [4.78, 5) is 16.4. The van der Waals surface area contributed by atoms with Gasteiger partial charge in [0.15, 0.2) is 0 Å². The Bertz CT molecular complexity index is 683. The summed E-state index contributed by atoms with van der Waals surface area (Å²) in [5.74, 6) is 0.0153. The highest BCUT2D eigenvalue weighted by atomic mass is 16.1. The maximum absolute atomic E-state index is 12.2. The first kappa shape index (κ1) is 12.7. The van der Waals surface area contributed by atoms with Gasteiger partial charge < -0.3 is 5.32 Å². The molecule has 2 aromatic rings. The maximum Gasteiger partial charge on any atom is 0.258 e. The number of carbonyl (C=O) groups excluding carboxylic acids is 1. The van der Waals surface area contributed by atoms with Gasteiger partial charge in [-0.2, -0.15) is 5.10 Å². The number of carbonyl (C=O) groups is 1. The first-order valence-corrected chi connectivity index (χ1v) is 6.45. The molecule has 1 amide bonds. The summed E-state index contributed by atoms with van der Waals surface area (Å²) in [6, 6.07) is 5.69. The third kappa shape index (κ3) is 2.37. The van der Waals surface area contributed by atoms with E-state index in [0.717, 1.165) is 30.0 Å². The zero-order chi connectivity index (χ0) is 14.1. The number of nitrogens with one attached hydrogen (secondary N) is 2. The molecule has 1 aromatic carbocycles. The van der Waals surface area contributed by atoms with Crippen molar-refractivity contribution in [2.24, 2.45) is 0 Å². The Hall–Kier alpha value is -2.34. The number of hydrogen-bond donors (Lipinski definition) is 2. The molecule has 1 aliphatic heterocycles. The predicted molar refractivity (Wildman–Crippen MR) is 74.2 cm³/mol. The lowest BCUT2D eigenvalue weighted by Gasteiger charge is -2.06. The quantitative estimate of drug-likeness (QED) is 0.860. The number of nitrogens with zero attached hydrogens (tertiary/aromatic N) is 3. The Morgan fingerprint density at radius 1 is 1.15 bits per heavy atom. The summed E-state index contributed by atoms with van der Waals surface area (Å²) in [6.07, 6.45) is 0. The zero-order valence-corrected chi connectivity index (χ0v) is 11.4. The Labute approximate surface area is 116 Å². The van der Waals surface area contributed by atoms with Gasteiger partial charge in [0.25, 0.3) is 5.91 Å².